The molecule has 0 heterocycles. The molecule has 11 heteroatoms. The summed E-state index contributed by atoms with van der Waals surface area (Å²) in [6.07, 6.45) is -0.145. The van der Waals surface area contributed by atoms with Gasteiger partial charge in [-0.05, 0) is 47.5 Å². The van der Waals surface area contributed by atoms with Crippen molar-refractivity contribution in [3.8, 4) is 0 Å². The molecular weight excluding hydrogens is 569 g/mol. The van der Waals surface area contributed by atoms with Crippen molar-refractivity contribution in [2.75, 3.05) is 5.32 Å². The molecule has 2 atom stereocenters. The fourth-order valence-electron chi connectivity index (χ4n) is 3.84. The summed E-state index contributed by atoms with van der Waals surface area (Å²) in [5.74, 6) is -5.12. The second-order valence-corrected chi connectivity index (χ2v) is 10.6. The molecule has 2 unspecified atom stereocenters. The molecule has 4 rings (SSSR count). The van der Waals surface area contributed by atoms with E-state index in [0.717, 1.165) is 12.1 Å². The van der Waals surface area contributed by atoms with Gasteiger partial charge in [0, 0.05) is 18.4 Å². The maximum absolute atomic E-state index is 13.9. The minimum absolute atomic E-state index is 0.0202. The van der Waals surface area contributed by atoms with Crippen molar-refractivity contribution >= 4 is 75.4 Å². The van der Waals surface area contributed by atoms with Crippen LogP contribution in [0.5, 0.6) is 0 Å². The predicted octanol–water partition coefficient (Wildman–Crippen LogP) is 8.02. The maximum atomic E-state index is 13.9. The molecule has 1 aliphatic carbocycles. The number of nitrogens with one attached hydrogen (secondary N) is 1. The van der Waals surface area contributed by atoms with Gasteiger partial charge in [0.1, 0.15) is 21.8 Å². The number of amides is 1. The molecule has 0 aliphatic heterocycles. The van der Waals surface area contributed by atoms with E-state index in [4.69, 9.17) is 58.0 Å². The first-order valence-electron chi connectivity index (χ1n) is 10.00. The molecule has 182 valence electrons. The Morgan fingerprint density at radius 1 is 0.886 bits per heavy atom. The monoisotopic (exact) mass is 579 g/mol. The van der Waals surface area contributed by atoms with Crippen molar-refractivity contribution in [3.05, 3.63) is 97.7 Å². The number of halogens is 8. The molecule has 1 amide bonds. The van der Waals surface area contributed by atoms with Crippen molar-refractivity contribution in [1.29, 1.82) is 0 Å². The number of benzene rings is 3. The van der Waals surface area contributed by atoms with E-state index in [0.29, 0.717) is 17.2 Å². The number of rotatable bonds is 6. The molecule has 3 aromatic carbocycles. The smallest absolute Gasteiger partial charge is 0.257 e. The van der Waals surface area contributed by atoms with Gasteiger partial charge >= 0.3 is 0 Å². The van der Waals surface area contributed by atoms with Crippen LogP contribution in [0.4, 0.5) is 18.9 Å². The largest absolute Gasteiger partial charge is 0.319 e. The lowest BCUT2D eigenvalue weighted by atomic mass is 10.0. The first-order chi connectivity index (χ1) is 16.4. The lowest BCUT2D eigenvalue weighted by molar-refractivity contribution is -0.119. The number of ketones is 1. The average molecular weight is 582 g/mol. The van der Waals surface area contributed by atoms with Gasteiger partial charge in [0.2, 0.25) is 0 Å². The van der Waals surface area contributed by atoms with Crippen LogP contribution in [0.2, 0.25) is 15.1 Å². The quantitative estimate of drug-likeness (QED) is 0.237. The molecule has 1 saturated carbocycles. The molecule has 1 fully saturated rings. The van der Waals surface area contributed by atoms with E-state index in [9.17, 15) is 22.8 Å². The Kier molecular flexibility index (Phi) is 7.33. The van der Waals surface area contributed by atoms with Gasteiger partial charge in [-0.2, -0.15) is 0 Å². The topological polar surface area (TPSA) is 46.2 Å². The van der Waals surface area contributed by atoms with Crippen molar-refractivity contribution in [1.82, 2.24) is 0 Å². The average Bonchev–Trinajstić information content (AvgIpc) is 3.37. The summed E-state index contributed by atoms with van der Waals surface area (Å²) < 4.78 is 39.3. The van der Waals surface area contributed by atoms with Gasteiger partial charge in [-0.15, -0.1) is 23.2 Å². The predicted molar refractivity (Wildman–Crippen MR) is 132 cm³/mol. The van der Waals surface area contributed by atoms with Gasteiger partial charge in [-0.25, -0.2) is 13.2 Å². The Labute approximate surface area is 223 Å². The van der Waals surface area contributed by atoms with E-state index >= 15 is 0 Å². The molecule has 0 bridgehead atoms. The highest BCUT2D eigenvalue weighted by atomic mass is 35.5. The van der Waals surface area contributed by atoms with Crippen LogP contribution in [-0.2, 0) is 11.2 Å². The molecule has 1 N–H and O–H groups in total. The van der Waals surface area contributed by atoms with Crippen molar-refractivity contribution < 1.29 is 22.8 Å². The lowest BCUT2D eigenvalue weighted by Gasteiger charge is -2.10. The third kappa shape index (κ3) is 5.27. The standard InChI is InChI=1S/C24H13Cl5F3NO2/c25-14-3-1-10(5-13(14)23(35)33-18-4-2-12(30)9-17(18)31)6-19(34)21-20(24(21,28)29)11-7-15(26)22(32)16(27)8-11/h1-5,7-9,20-21H,6H2,(H,33,35). The van der Waals surface area contributed by atoms with Crippen LogP contribution in [0.15, 0.2) is 48.5 Å². The van der Waals surface area contributed by atoms with Crippen molar-refractivity contribution in [2.45, 2.75) is 16.7 Å². The number of hydrogen-bond donors (Lipinski definition) is 1. The Hall–Kier alpha value is -1.96. The van der Waals surface area contributed by atoms with Crippen LogP contribution in [0.1, 0.15) is 27.4 Å². The molecule has 0 saturated heterocycles. The second-order valence-electron chi connectivity index (χ2n) is 7.96. The second kappa shape index (κ2) is 9.83. The molecule has 0 spiro atoms. The summed E-state index contributed by atoms with van der Waals surface area (Å²) in [5.41, 5.74) is 0.588. The van der Waals surface area contributed by atoms with Crippen LogP contribution in [0.25, 0.3) is 0 Å². The van der Waals surface area contributed by atoms with Gasteiger partial charge in [0.05, 0.1) is 32.2 Å². The van der Waals surface area contributed by atoms with Gasteiger partial charge in [0.25, 0.3) is 5.91 Å². The first kappa shape index (κ1) is 26.1. The van der Waals surface area contributed by atoms with E-state index in [1.54, 1.807) is 6.07 Å². The van der Waals surface area contributed by atoms with Crippen LogP contribution >= 0.6 is 58.0 Å². The van der Waals surface area contributed by atoms with E-state index < -0.39 is 39.5 Å². The number of hydrogen-bond acceptors (Lipinski definition) is 2. The van der Waals surface area contributed by atoms with Crippen LogP contribution in [-0.4, -0.2) is 16.0 Å². The van der Waals surface area contributed by atoms with Crippen LogP contribution in [0, 0.1) is 23.4 Å². The first-order valence-corrected chi connectivity index (χ1v) is 11.9. The van der Waals surface area contributed by atoms with Gasteiger partial charge < -0.3 is 5.32 Å². The van der Waals surface area contributed by atoms with Gasteiger partial charge in [0.15, 0.2) is 5.82 Å². The van der Waals surface area contributed by atoms with E-state index in [2.05, 4.69) is 5.32 Å². The normalized spacial score (nSPS) is 18.3. The fourth-order valence-corrected chi connectivity index (χ4v) is 5.43. The molecule has 35 heavy (non-hydrogen) atoms. The third-order valence-electron chi connectivity index (χ3n) is 5.60. The Morgan fingerprint density at radius 3 is 2.17 bits per heavy atom. The van der Waals surface area contributed by atoms with Gasteiger partial charge in [-0.1, -0.05) is 40.9 Å². The van der Waals surface area contributed by atoms with Crippen molar-refractivity contribution in [2.24, 2.45) is 5.92 Å². The fraction of sp³-hybridized carbons (Fsp3) is 0.167. The number of alkyl halides is 2. The number of carbonyl (C=O) groups excluding carboxylic acids is 2. The van der Waals surface area contributed by atoms with Crippen LogP contribution < -0.4 is 5.32 Å². The number of Topliss-reactive ketones (excluding diaryl/α,β-unsaturated/α-hetero) is 1. The zero-order valence-corrected chi connectivity index (χ0v) is 21.1. The zero-order chi connectivity index (χ0) is 25.7. The Morgan fingerprint density at radius 2 is 1.54 bits per heavy atom. The van der Waals surface area contributed by atoms with Crippen LogP contribution in [0.3, 0.4) is 0 Å². The number of carbonyl (C=O) groups is 2. The highest BCUT2D eigenvalue weighted by Crippen LogP contribution is 2.65. The summed E-state index contributed by atoms with van der Waals surface area (Å²) in [6.45, 7) is 0. The minimum Gasteiger partial charge on any atom is -0.319 e. The lowest BCUT2D eigenvalue weighted by Crippen LogP contribution is -2.15. The molecular formula is C24H13Cl5F3NO2. The highest BCUT2D eigenvalue weighted by molar-refractivity contribution is 6.53. The summed E-state index contributed by atoms with van der Waals surface area (Å²) >= 11 is 30.5. The van der Waals surface area contributed by atoms with E-state index in [-0.39, 0.29) is 38.5 Å². The highest BCUT2D eigenvalue weighted by Gasteiger charge is 2.67. The van der Waals surface area contributed by atoms with Gasteiger partial charge in [-0.3, -0.25) is 9.59 Å². The summed E-state index contributed by atoms with van der Waals surface area (Å²) in [4.78, 5) is 25.7. The Balaban J connectivity index is 1.52. The molecule has 1 aliphatic rings. The summed E-state index contributed by atoms with van der Waals surface area (Å²) in [7, 11) is 0. The Bertz CT molecular complexity index is 1340. The van der Waals surface area contributed by atoms with E-state index in [1.165, 1.54) is 24.3 Å². The summed E-state index contributed by atoms with van der Waals surface area (Å²) in [6, 6.07) is 9.67. The minimum atomic E-state index is -1.45. The number of anilines is 1. The third-order valence-corrected chi connectivity index (χ3v) is 7.42. The molecule has 3 aromatic rings. The summed E-state index contributed by atoms with van der Waals surface area (Å²) in [5, 5.41) is 1.94. The molecule has 0 radical (unpaired) electrons. The molecule has 3 nitrogen and oxygen atoms in total. The van der Waals surface area contributed by atoms with E-state index in [1.807, 2.05) is 0 Å². The van der Waals surface area contributed by atoms with Crippen molar-refractivity contribution in [3.63, 3.8) is 0 Å². The zero-order valence-electron chi connectivity index (χ0n) is 17.3. The molecule has 0 aromatic heterocycles. The SMILES string of the molecule is O=C(Nc1ccc(F)cc1F)c1cc(CC(=O)C2C(c3cc(Cl)c(F)c(Cl)c3)C2(Cl)Cl)ccc1Cl. The maximum Gasteiger partial charge on any atom is 0.257 e.